The second-order valence-corrected chi connectivity index (χ2v) is 8.50. The summed E-state index contributed by atoms with van der Waals surface area (Å²) in [4.78, 5) is 8.94. The molecule has 0 fully saturated rings. The van der Waals surface area contributed by atoms with Gasteiger partial charge in [-0.2, -0.15) is 0 Å². The molecule has 0 saturated carbocycles. The number of thiazole rings is 2. The van der Waals surface area contributed by atoms with E-state index in [9.17, 15) is 0 Å². The van der Waals surface area contributed by atoms with Crippen LogP contribution in [0.3, 0.4) is 0 Å². The highest BCUT2D eigenvalue weighted by molar-refractivity contribution is 14.1. The summed E-state index contributed by atoms with van der Waals surface area (Å²) >= 11 is 5.62. The van der Waals surface area contributed by atoms with E-state index in [1.807, 2.05) is 6.20 Å². The van der Waals surface area contributed by atoms with Crippen molar-refractivity contribution in [3.05, 3.63) is 20.2 Å². The topological polar surface area (TPSA) is 37.8 Å². The first-order valence-corrected chi connectivity index (χ1v) is 8.03. The van der Waals surface area contributed by atoms with Crippen molar-refractivity contribution in [2.75, 3.05) is 0 Å². The molecule has 0 unspecified atom stereocenters. The molecule has 0 spiro atoms. The van der Waals surface area contributed by atoms with Crippen LogP contribution in [0.25, 0.3) is 10.0 Å². The molecule has 2 heterocycles. The molecular weight excluding hydrogens is 365 g/mol. The van der Waals surface area contributed by atoms with Gasteiger partial charge in [-0.1, -0.05) is 0 Å². The van der Waals surface area contributed by atoms with Crippen molar-refractivity contribution in [2.24, 2.45) is 0 Å². The lowest BCUT2D eigenvalue weighted by Crippen LogP contribution is -2.35. The highest BCUT2D eigenvalue weighted by atomic mass is 127. The monoisotopic (exact) mass is 379 g/mol. The predicted molar refractivity (Wildman–Crippen MR) is 82.5 cm³/mol. The van der Waals surface area contributed by atoms with Crippen LogP contribution in [0.5, 0.6) is 0 Å². The summed E-state index contributed by atoms with van der Waals surface area (Å²) in [5.41, 5.74) is 1.21. The lowest BCUT2D eigenvalue weighted by molar-refractivity contribution is 0.422. The van der Waals surface area contributed by atoms with Gasteiger partial charge in [0.15, 0.2) is 10.0 Å². The van der Waals surface area contributed by atoms with Crippen LogP contribution in [0.1, 0.15) is 26.5 Å². The quantitative estimate of drug-likeness (QED) is 0.826. The number of hydrogen-bond donors (Lipinski definition) is 1. The molecule has 3 nitrogen and oxygen atoms in total. The minimum Gasteiger partial charge on any atom is -0.306 e. The molecule has 2 aromatic heterocycles. The van der Waals surface area contributed by atoms with Gasteiger partial charge in [-0.05, 0) is 43.4 Å². The van der Waals surface area contributed by atoms with Crippen molar-refractivity contribution in [3.8, 4) is 10.0 Å². The molecule has 0 aliphatic rings. The fourth-order valence-electron chi connectivity index (χ4n) is 1.20. The van der Waals surface area contributed by atoms with E-state index in [0.717, 1.165) is 22.3 Å². The van der Waals surface area contributed by atoms with Gasteiger partial charge in [0.25, 0.3) is 0 Å². The highest BCUT2D eigenvalue weighted by Gasteiger charge is 2.12. The van der Waals surface area contributed by atoms with Gasteiger partial charge in [0.05, 0.1) is 14.8 Å². The summed E-state index contributed by atoms with van der Waals surface area (Å²) in [6, 6.07) is 0. The third kappa shape index (κ3) is 3.97. The summed E-state index contributed by atoms with van der Waals surface area (Å²) in [5, 5.41) is 7.57. The zero-order valence-corrected chi connectivity index (χ0v) is 13.7. The first-order valence-electron chi connectivity index (χ1n) is 5.25. The van der Waals surface area contributed by atoms with Gasteiger partial charge < -0.3 is 5.32 Å². The minimum absolute atomic E-state index is 0.125. The van der Waals surface area contributed by atoms with Crippen molar-refractivity contribution in [1.82, 2.24) is 15.3 Å². The van der Waals surface area contributed by atoms with Gasteiger partial charge in [0.2, 0.25) is 0 Å². The van der Waals surface area contributed by atoms with Gasteiger partial charge in [0.1, 0.15) is 0 Å². The van der Waals surface area contributed by atoms with Crippen LogP contribution in [0.4, 0.5) is 0 Å². The number of nitrogens with one attached hydrogen (secondary N) is 1. The van der Waals surface area contributed by atoms with Crippen LogP contribution in [-0.2, 0) is 6.54 Å². The molecule has 2 rings (SSSR count). The molecule has 0 bridgehead atoms. The largest absolute Gasteiger partial charge is 0.306 e. The maximum Gasteiger partial charge on any atom is 0.153 e. The van der Waals surface area contributed by atoms with E-state index in [1.54, 1.807) is 22.7 Å². The summed E-state index contributed by atoms with van der Waals surface area (Å²) in [6.07, 6.45) is 1.88. The Morgan fingerprint density at radius 3 is 2.71 bits per heavy atom. The first kappa shape index (κ1) is 13.4. The number of hydrogen-bond acceptors (Lipinski definition) is 5. The molecule has 6 heteroatoms. The van der Waals surface area contributed by atoms with Gasteiger partial charge in [-0.15, -0.1) is 22.7 Å². The zero-order valence-electron chi connectivity index (χ0n) is 9.95. The lowest BCUT2D eigenvalue weighted by atomic mass is 10.1. The van der Waals surface area contributed by atoms with E-state index in [0.29, 0.717) is 0 Å². The van der Waals surface area contributed by atoms with Crippen molar-refractivity contribution in [2.45, 2.75) is 32.9 Å². The van der Waals surface area contributed by atoms with Crippen LogP contribution in [0, 0.1) is 2.88 Å². The minimum atomic E-state index is 0.125. The Kier molecular flexibility index (Phi) is 4.17. The van der Waals surface area contributed by atoms with Crippen molar-refractivity contribution < 1.29 is 0 Å². The third-order valence-electron chi connectivity index (χ3n) is 2.01. The Bertz CT molecular complexity index is 499. The third-order valence-corrected chi connectivity index (χ3v) is 4.77. The maximum absolute atomic E-state index is 4.60. The van der Waals surface area contributed by atoms with Crippen LogP contribution in [0.15, 0.2) is 11.6 Å². The molecule has 0 amide bonds. The Balaban J connectivity index is 2.06. The Morgan fingerprint density at radius 2 is 2.12 bits per heavy atom. The first-order chi connectivity index (χ1) is 7.94. The van der Waals surface area contributed by atoms with Crippen LogP contribution < -0.4 is 5.32 Å². The van der Waals surface area contributed by atoms with E-state index in [1.165, 1.54) is 2.88 Å². The summed E-state index contributed by atoms with van der Waals surface area (Å²) in [5.74, 6) is 0. The van der Waals surface area contributed by atoms with Crippen LogP contribution in [0.2, 0.25) is 0 Å². The zero-order chi connectivity index (χ0) is 12.5. The number of nitrogens with zero attached hydrogens (tertiary/aromatic N) is 2. The van der Waals surface area contributed by atoms with Crippen molar-refractivity contribution >= 4 is 45.3 Å². The Hall–Kier alpha value is -0.0500. The standard InChI is InChI=1S/C11H14IN3S2/c1-11(2,3)14-4-7-6-16-10(15-7)9-13-5-8(12)17-9/h5-6,14H,4H2,1-3H3. The van der Waals surface area contributed by atoms with E-state index >= 15 is 0 Å². The molecule has 0 aromatic carbocycles. The van der Waals surface area contributed by atoms with E-state index in [-0.39, 0.29) is 5.54 Å². The molecule has 0 atom stereocenters. The highest BCUT2D eigenvalue weighted by Crippen LogP contribution is 2.28. The van der Waals surface area contributed by atoms with Crippen LogP contribution in [-0.4, -0.2) is 15.5 Å². The fourth-order valence-corrected chi connectivity index (χ4v) is 3.47. The normalized spacial score (nSPS) is 12.0. The van der Waals surface area contributed by atoms with E-state index in [2.05, 4.69) is 64.0 Å². The average Bonchev–Trinajstić information content (AvgIpc) is 2.81. The molecule has 17 heavy (non-hydrogen) atoms. The predicted octanol–water partition coefficient (Wildman–Crippen LogP) is 3.76. The van der Waals surface area contributed by atoms with Crippen LogP contribution >= 0.6 is 45.3 Å². The van der Waals surface area contributed by atoms with E-state index < -0.39 is 0 Å². The summed E-state index contributed by atoms with van der Waals surface area (Å²) in [6.45, 7) is 7.28. The Morgan fingerprint density at radius 1 is 1.35 bits per heavy atom. The SMILES string of the molecule is CC(C)(C)NCc1csc(-c2ncc(I)s2)n1. The smallest absolute Gasteiger partial charge is 0.153 e. The molecule has 92 valence electrons. The van der Waals surface area contributed by atoms with Crippen molar-refractivity contribution in [3.63, 3.8) is 0 Å². The molecule has 0 radical (unpaired) electrons. The maximum atomic E-state index is 4.60. The molecule has 0 aliphatic carbocycles. The number of halogens is 1. The number of aromatic nitrogens is 2. The lowest BCUT2D eigenvalue weighted by Gasteiger charge is -2.19. The van der Waals surface area contributed by atoms with Crippen molar-refractivity contribution in [1.29, 1.82) is 0 Å². The summed E-state index contributed by atoms with van der Waals surface area (Å²) < 4.78 is 1.20. The molecule has 0 saturated heterocycles. The molecule has 2 aromatic rings. The van der Waals surface area contributed by atoms with Gasteiger partial charge in [0, 0.05) is 17.5 Å². The average molecular weight is 379 g/mol. The second kappa shape index (κ2) is 5.29. The van der Waals surface area contributed by atoms with Gasteiger partial charge in [-0.25, -0.2) is 9.97 Å². The van der Waals surface area contributed by atoms with Gasteiger partial charge >= 0.3 is 0 Å². The van der Waals surface area contributed by atoms with Gasteiger partial charge in [-0.3, -0.25) is 0 Å². The second-order valence-electron chi connectivity index (χ2n) is 4.72. The Labute approximate surface area is 123 Å². The molecule has 1 N–H and O–H groups in total. The molecular formula is C11H14IN3S2. The fraction of sp³-hybridized carbons (Fsp3) is 0.455. The summed E-state index contributed by atoms with van der Waals surface area (Å²) in [7, 11) is 0. The van der Waals surface area contributed by atoms with E-state index in [4.69, 9.17) is 0 Å². The number of rotatable bonds is 3. The molecule has 0 aliphatic heterocycles.